The van der Waals surface area contributed by atoms with Crippen LogP contribution >= 0.6 is 0 Å². The van der Waals surface area contributed by atoms with E-state index in [1.54, 1.807) is 6.07 Å². The zero-order chi connectivity index (χ0) is 14.8. The highest BCUT2D eigenvalue weighted by Gasteiger charge is 2.25. The van der Waals surface area contributed by atoms with E-state index in [-0.39, 0.29) is 0 Å². The third-order valence-corrected chi connectivity index (χ3v) is 4.06. The van der Waals surface area contributed by atoms with Crippen LogP contribution in [0.4, 0.5) is 5.69 Å². The maximum Gasteiger partial charge on any atom is 0.224 e. The molecule has 1 aliphatic rings. The SMILES string of the molecule is Cc1ccc(Oc2c(N)cc(C#N)n2C2CCCC2)cc1. The van der Waals surface area contributed by atoms with Crippen LogP contribution in [0.1, 0.15) is 43.0 Å². The van der Waals surface area contributed by atoms with Gasteiger partial charge in [0, 0.05) is 12.1 Å². The first-order valence-corrected chi connectivity index (χ1v) is 7.34. The van der Waals surface area contributed by atoms with Crippen molar-refractivity contribution in [3.8, 4) is 17.7 Å². The molecule has 1 aliphatic carbocycles. The minimum Gasteiger partial charge on any atom is -0.439 e. The quantitative estimate of drug-likeness (QED) is 0.918. The number of anilines is 1. The van der Waals surface area contributed by atoms with Gasteiger partial charge in [-0.15, -0.1) is 0 Å². The Morgan fingerprint density at radius 3 is 2.52 bits per heavy atom. The highest BCUT2D eigenvalue weighted by atomic mass is 16.5. The molecule has 0 aliphatic heterocycles. The van der Waals surface area contributed by atoms with Gasteiger partial charge >= 0.3 is 0 Å². The Bertz CT molecular complexity index is 673. The van der Waals surface area contributed by atoms with E-state index in [2.05, 4.69) is 6.07 Å². The number of nitriles is 1. The van der Waals surface area contributed by atoms with Gasteiger partial charge < -0.3 is 10.5 Å². The fraction of sp³-hybridized carbons (Fsp3) is 0.353. The smallest absolute Gasteiger partial charge is 0.224 e. The van der Waals surface area contributed by atoms with Gasteiger partial charge in [0.15, 0.2) is 0 Å². The number of nitrogens with zero attached hydrogens (tertiary/aromatic N) is 2. The van der Waals surface area contributed by atoms with Crippen LogP contribution in [-0.2, 0) is 0 Å². The molecule has 0 radical (unpaired) electrons. The van der Waals surface area contributed by atoms with Crippen LogP contribution in [0.5, 0.6) is 11.6 Å². The van der Waals surface area contributed by atoms with Crippen LogP contribution in [0.2, 0.25) is 0 Å². The first-order valence-electron chi connectivity index (χ1n) is 7.34. The summed E-state index contributed by atoms with van der Waals surface area (Å²) in [5.41, 5.74) is 8.36. The zero-order valence-corrected chi connectivity index (χ0v) is 12.2. The lowest BCUT2D eigenvalue weighted by Crippen LogP contribution is -2.09. The zero-order valence-electron chi connectivity index (χ0n) is 12.2. The molecule has 1 fully saturated rings. The number of nitrogens with two attached hydrogens (primary N) is 1. The van der Waals surface area contributed by atoms with Crippen molar-refractivity contribution >= 4 is 5.69 Å². The van der Waals surface area contributed by atoms with Crippen molar-refractivity contribution in [3.63, 3.8) is 0 Å². The number of aryl methyl sites for hydroxylation is 1. The van der Waals surface area contributed by atoms with Crippen LogP contribution < -0.4 is 10.5 Å². The molecule has 0 atom stereocenters. The molecule has 1 heterocycles. The van der Waals surface area contributed by atoms with E-state index in [4.69, 9.17) is 10.5 Å². The summed E-state index contributed by atoms with van der Waals surface area (Å²) in [6.07, 6.45) is 4.54. The molecule has 0 bridgehead atoms. The summed E-state index contributed by atoms with van der Waals surface area (Å²) in [5, 5.41) is 9.34. The van der Waals surface area contributed by atoms with Gasteiger partial charge in [-0.05, 0) is 31.9 Å². The van der Waals surface area contributed by atoms with E-state index < -0.39 is 0 Å². The number of hydrogen-bond donors (Lipinski definition) is 1. The van der Waals surface area contributed by atoms with Gasteiger partial charge in [-0.2, -0.15) is 5.26 Å². The number of aromatic nitrogens is 1. The summed E-state index contributed by atoms with van der Waals surface area (Å²) in [5.74, 6) is 1.34. The summed E-state index contributed by atoms with van der Waals surface area (Å²) >= 11 is 0. The Hall–Kier alpha value is -2.41. The maximum atomic E-state index is 9.34. The van der Waals surface area contributed by atoms with Crippen LogP contribution in [0, 0.1) is 18.3 Å². The van der Waals surface area contributed by atoms with Gasteiger partial charge in [-0.1, -0.05) is 30.5 Å². The molecule has 1 saturated carbocycles. The average Bonchev–Trinajstić information content (AvgIpc) is 3.10. The fourth-order valence-corrected chi connectivity index (χ4v) is 2.96. The average molecular weight is 281 g/mol. The maximum absolute atomic E-state index is 9.34. The summed E-state index contributed by atoms with van der Waals surface area (Å²) in [7, 11) is 0. The summed E-state index contributed by atoms with van der Waals surface area (Å²) in [6, 6.07) is 12.1. The van der Waals surface area contributed by atoms with Gasteiger partial charge in [0.25, 0.3) is 0 Å². The fourth-order valence-electron chi connectivity index (χ4n) is 2.96. The molecule has 0 unspecified atom stereocenters. The van der Waals surface area contributed by atoms with Crippen molar-refractivity contribution in [1.29, 1.82) is 5.26 Å². The number of hydrogen-bond acceptors (Lipinski definition) is 3. The second kappa shape index (κ2) is 5.53. The van der Waals surface area contributed by atoms with Gasteiger partial charge in [-0.3, -0.25) is 4.57 Å². The lowest BCUT2D eigenvalue weighted by Gasteiger charge is -2.18. The van der Waals surface area contributed by atoms with Crippen molar-refractivity contribution in [2.75, 3.05) is 5.73 Å². The molecule has 4 nitrogen and oxygen atoms in total. The van der Waals surface area contributed by atoms with Crippen LogP contribution in [0.15, 0.2) is 30.3 Å². The third kappa shape index (κ3) is 2.59. The molecule has 0 amide bonds. The van der Waals surface area contributed by atoms with Gasteiger partial charge in [0.2, 0.25) is 5.88 Å². The van der Waals surface area contributed by atoms with Crippen LogP contribution in [0.3, 0.4) is 0 Å². The van der Waals surface area contributed by atoms with Crippen LogP contribution in [-0.4, -0.2) is 4.57 Å². The lowest BCUT2D eigenvalue weighted by molar-refractivity contribution is 0.393. The highest BCUT2D eigenvalue weighted by molar-refractivity contribution is 5.56. The summed E-state index contributed by atoms with van der Waals surface area (Å²) < 4.78 is 7.95. The minimum atomic E-state index is 0.317. The third-order valence-electron chi connectivity index (χ3n) is 4.06. The molecule has 3 rings (SSSR count). The second-order valence-electron chi connectivity index (χ2n) is 5.63. The molecule has 108 valence electrons. The first kappa shape index (κ1) is 13.6. The predicted molar refractivity (Wildman–Crippen MR) is 82.3 cm³/mol. The lowest BCUT2D eigenvalue weighted by atomic mass is 10.2. The normalized spacial score (nSPS) is 15.0. The van der Waals surface area contributed by atoms with Crippen molar-refractivity contribution in [2.45, 2.75) is 38.6 Å². The van der Waals surface area contributed by atoms with Gasteiger partial charge in [0.1, 0.15) is 17.5 Å². The van der Waals surface area contributed by atoms with E-state index in [0.29, 0.717) is 23.3 Å². The molecule has 4 heteroatoms. The molecule has 1 aromatic heterocycles. The molecular weight excluding hydrogens is 262 g/mol. The number of nitrogen functional groups attached to an aromatic ring is 1. The predicted octanol–water partition coefficient (Wildman–Crippen LogP) is 4.16. The highest BCUT2D eigenvalue weighted by Crippen LogP contribution is 2.39. The van der Waals surface area contributed by atoms with E-state index in [0.717, 1.165) is 18.6 Å². The van der Waals surface area contributed by atoms with Gasteiger partial charge in [0.05, 0.1) is 5.69 Å². The number of rotatable bonds is 3. The summed E-state index contributed by atoms with van der Waals surface area (Å²) in [6.45, 7) is 2.03. The monoisotopic (exact) mass is 281 g/mol. The Morgan fingerprint density at radius 1 is 1.24 bits per heavy atom. The van der Waals surface area contributed by atoms with Crippen molar-refractivity contribution in [1.82, 2.24) is 4.57 Å². The Kier molecular flexibility index (Phi) is 3.57. The largest absolute Gasteiger partial charge is 0.439 e. The van der Waals surface area contributed by atoms with Crippen molar-refractivity contribution in [2.24, 2.45) is 0 Å². The molecular formula is C17H19N3O. The van der Waals surface area contributed by atoms with E-state index in [1.165, 1.54) is 18.4 Å². The number of benzene rings is 1. The molecule has 2 aromatic rings. The summed E-state index contributed by atoms with van der Waals surface area (Å²) in [4.78, 5) is 0. The number of ether oxygens (including phenoxy) is 1. The topological polar surface area (TPSA) is 64.0 Å². The Labute approximate surface area is 124 Å². The van der Waals surface area contributed by atoms with E-state index in [9.17, 15) is 5.26 Å². The Morgan fingerprint density at radius 2 is 1.90 bits per heavy atom. The first-order chi connectivity index (χ1) is 10.2. The molecule has 21 heavy (non-hydrogen) atoms. The standard InChI is InChI=1S/C17H19N3O/c1-12-6-8-15(9-7-12)21-17-16(19)10-14(11-18)20(17)13-4-2-3-5-13/h6-10,13H,2-5,19H2,1H3. The van der Waals surface area contributed by atoms with E-state index in [1.807, 2.05) is 35.8 Å². The minimum absolute atomic E-state index is 0.317. The molecule has 0 spiro atoms. The Balaban J connectivity index is 1.98. The molecule has 0 saturated heterocycles. The van der Waals surface area contributed by atoms with Crippen molar-refractivity contribution < 1.29 is 4.74 Å². The van der Waals surface area contributed by atoms with Crippen LogP contribution in [0.25, 0.3) is 0 Å². The van der Waals surface area contributed by atoms with E-state index >= 15 is 0 Å². The van der Waals surface area contributed by atoms with Crippen molar-refractivity contribution in [3.05, 3.63) is 41.6 Å². The molecule has 1 aromatic carbocycles. The second-order valence-corrected chi connectivity index (χ2v) is 5.63. The van der Waals surface area contributed by atoms with Gasteiger partial charge in [-0.25, -0.2) is 0 Å². The molecule has 2 N–H and O–H groups in total.